The van der Waals surface area contributed by atoms with Gasteiger partial charge in [-0.05, 0) is 39.1 Å². The van der Waals surface area contributed by atoms with Gasteiger partial charge in [0, 0.05) is 50.7 Å². The van der Waals surface area contributed by atoms with Gasteiger partial charge in [0.2, 0.25) is 0 Å². The SMILES string of the molecule is CN(C)CCn1ccnc1[C@@H]1CCCN(C(=O)c2ncccc2O)C1. The Morgan fingerprint density at radius 3 is 2.96 bits per heavy atom. The Morgan fingerprint density at radius 2 is 2.20 bits per heavy atom. The van der Waals surface area contributed by atoms with Crippen molar-refractivity contribution >= 4 is 5.91 Å². The predicted octanol–water partition coefficient (Wildman–Crippen LogP) is 1.57. The smallest absolute Gasteiger partial charge is 0.276 e. The predicted molar refractivity (Wildman–Crippen MR) is 94.6 cm³/mol. The van der Waals surface area contributed by atoms with Crippen LogP contribution in [0.5, 0.6) is 5.75 Å². The van der Waals surface area contributed by atoms with Gasteiger partial charge in [-0.25, -0.2) is 9.97 Å². The van der Waals surface area contributed by atoms with Gasteiger partial charge < -0.3 is 19.5 Å². The summed E-state index contributed by atoms with van der Waals surface area (Å²) >= 11 is 0. The van der Waals surface area contributed by atoms with Crippen LogP contribution in [0.2, 0.25) is 0 Å². The maximum absolute atomic E-state index is 12.7. The molecule has 2 aromatic heterocycles. The number of likely N-dealkylation sites (tertiary alicyclic amines) is 1. The highest BCUT2D eigenvalue weighted by Gasteiger charge is 2.29. The number of aromatic nitrogens is 3. The van der Waals surface area contributed by atoms with E-state index >= 15 is 0 Å². The highest BCUT2D eigenvalue weighted by Crippen LogP contribution is 2.27. The van der Waals surface area contributed by atoms with Crippen molar-refractivity contribution in [3.8, 4) is 5.75 Å². The van der Waals surface area contributed by atoms with E-state index in [1.54, 1.807) is 11.0 Å². The van der Waals surface area contributed by atoms with Gasteiger partial charge in [0.15, 0.2) is 5.69 Å². The molecule has 0 spiro atoms. The van der Waals surface area contributed by atoms with Crippen molar-refractivity contribution in [2.45, 2.75) is 25.3 Å². The number of carbonyl (C=O) groups is 1. The number of nitrogens with zero attached hydrogens (tertiary/aromatic N) is 5. The summed E-state index contributed by atoms with van der Waals surface area (Å²) in [5.74, 6) is 0.960. The molecule has 134 valence electrons. The van der Waals surface area contributed by atoms with Crippen molar-refractivity contribution in [3.63, 3.8) is 0 Å². The Kier molecular flexibility index (Phi) is 5.33. The zero-order chi connectivity index (χ0) is 17.8. The van der Waals surface area contributed by atoms with Gasteiger partial charge in [0.25, 0.3) is 5.91 Å². The molecule has 1 atom stereocenters. The molecule has 7 heteroatoms. The summed E-state index contributed by atoms with van der Waals surface area (Å²) in [7, 11) is 4.11. The van der Waals surface area contributed by atoms with E-state index in [1.165, 1.54) is 12.3 Å². The number of pyridine rings is 1. The lowest BCUT2D eigenvalue weighted by atomic mass is 9.96. The fourth-order valence-electron chi connectivity index (χ4n) is 3.26. The van der Waals surface area contributed by atoms with Gasteiger partial charge >= 0.3 is 0 Å². The quantitative estimate of drug-likeness (QED) is 0.892. The number of hydrogen-bond donors (Lipinski definition) is 1. The van der Waals surface area contributed by atoms with Crippen molar-refractivity contribution in [1.82, 2.24) is 24.3 Å². The molecular weight excluding hydrogens is 318 g/mol. The molecule has 1 N–H and O–H groups in total. The number of piperidine rings is 1. The Hall–Kier alpha value is -2.41. The summed E-state index contributed by atoms with van der Waals surface area (Å²) in [5, 5.41) is 9.90. The van der Waals surface area contributed by atoms with Crippen LogP contribution in [0.4, 0.5) is 0 Å². The lowest BCUT2D eigenvalue weighted by molar-refractivity contribution is 0.0694. The van der Waals surface area contributed by atoms with Crippen LogP contribution in [0.1, 0.15) is 35.1 Å². The average Bonchev–Trinajstić information content (AvgIpc) is 3.08. The maximum atomic E-state index is 12.7. The fourth-order valence-corrected chi connectivity index (χ4v) is 3.26. The number of carbonyl (C=O) groups excluding carboxylic acids is 1. The first-order valence-corrected chi connectivity index (χ1v) is 8.65. The van der Waals surface area contributed by atoms with Gasteiger partial charge in [0.1, 0.15) is 11.6 Å². The molecule has 7 nitrogen and oxygen atoms in total. The molecule has 2 aromatic rings. The molecule has 1 amide bonds. The van der Waals surface area contributed by atoms with Crippen molar-refractivity contribution < 1.29 is 9.90 Å². The molecule has 25 heavy (non-hydrogen) atoms. The summed E-state index contributed by atoms with van der Waals surface area (Å²) < 4.78 is 2.18. The van der Waals surface area contributed by atoms with E-state index in [0.29, 0.717) is 13.1 Å². The summed E-state index contributed by atoms with van der Waals surface area (Å²) in [6.45, 7) is 3.12. The van der Waals surface area contributed by atoms with Crippen LogP contribution in [0.25, 0.3) is 0 Å². The van der Waals surface area contributed by atoms with Gasteiger partial charge in [-0.1, -0.05) is 0 Å². The second-order valence-electron chi connectivity index (χ2n) is 6.74. The topological polar surface area (TPSA) is 74.5 Å². The molecule has 0 radical (unpaired) electrons. The monoisotopic (exact) mass is 343 g/mol. The van der Waals surface area contributed by atoms with Gasteiger partial charge in [0.05, 0.1) is 0 Å². The fraction of sp³-hybridized carbons (Fsp3) is 0.500. The molecular formula is C18H25N5O2. The van der Waals surface area contributed by atoms with E-state index in [0.717, 1.165) is 31.8 Å². The second-order valence-corrected chi connectivity index (χ2v) is 6.74. The molecule has 3 rings (SSSR count). The van der Waals surface area contributed by atoms with Crippen molar-refractivity contribution in [2.75, 3.05) is 33.7 Å². The summed E-state index contributed by atoms with van der Waals surface area (Å²) in [5.41, 5.74) is 0.124. The molecule has 1 fully saturated rings. The zero-order valence-electron chi connectivity index (χ0n) is 14.8. The molecule has 0 aromatic carbocycles. The minimum absolute atomic E-state index is 0.0675. The third-order valence-electron chi connectivity index (χ3n) is 4.60. The van der Waals surface area contributed by atoms with E-state index in [9.17, 15) is 9.90 Å². The van der Waals surface area contributed by atoms with Gasteiger partial charge in [-0.2, -0.15) is 0 Å². The van der Waals surface area contributed by atoms with Crippen LogP contribution in [-0.2, 0) is 6.54 Å². The van der Waals surface area contributed by atoms with E-state index in [1.807, 2.05) is 12.4 Å². The zero-order valence-corrected chi connectivity index (χ0v) is 14.8. The van der Waals surface area contributed by atoms with Crippen LogP contribution in [0, 0.1) is 0 Å². The summed E-state index contributed by atoms with van der Waals surface area (Å²) in [4.78, 5) is 25.2. The van der Waals surface area contributed by atoms with Crippen molar-refractivity contribution in [1.29, 1.82) is 0 Å². The standard InChI is InChI=1S/C18H25N5O2/c1-21(2)11-12-22-10-8-20-17(22)14-5-4-9-23(13-14)18(25)16-15(24)6-3-7-19-16/h3,6-8,10,14,24H,4-5,9,11-13H2,1-2H3/t14-/m1/s1. The van der Waals surface area contributed by atoms with Gasteiger partial charge in [-0.3, -0.25) is 4.79 Å². The van der Waals surface area contributed by atoms with E-state index in [-0.39, 0.29) is 23.3 Å². The number of imidazole rings is 1. The third-order valence-corrected chi connectivity index (χ3v) is 4.60. The number of amides is 1. The molecule has 0 unspecified atom stereocenters. The molecule has 1 aliphatic heterocycles. The minimum Gasteiger partial charge on any atom is -0.505 e. The first-order chi connectivity index (χ1) is 12.1. The summed E-state index contributed by atoms with van der Waals surface area (Å²) in [6.07, 6.45) is 7.30. The second kappa shape index (κ2) is 7.65. The number of rotatable bonds is 5. The summed E-state index contributed by atoms with van der Waals surface area (Å²) in [6, 6.07) is 3.11. The number of aromatic hydroxyl groups is 1. The lowest BCUT2D eigenvalue weighted by Gasteiger charge is -2.32. The highest BCUT2D eigenvalue weighted by atomic mass is 16.3. The van der Waals surface area contributed by atoms with Gasteiger partial charge in [-0.15, -0.1) is 0 Å². The van der Waals surface area contributed by atoms with Crippen molar-refractivity contribution in [2.24, 2.45) is 0 Å². The van der Waals surface area contributed by atoms with Crippen LogP contribution in [0.3, 0.4) is 0 Å². The molecule has 1 aliphatic rings. The molecule has 0 saturated carbocycles. The van der Waals surface area contributed by atoms with E-state index in [4.69, 9.17) is 0 Å². The molecule has 3 heterocycles. The van der Waals surface area contributed by atoms with Crippen LogP contribution in [-0.4, -0.2) is 69.1 Å². The van der Waals surface area contributed by atoms with Crippen LogP contribution >= 0.6 is 0 Å². The third kappa shape index (κ3) is 3.99. The largest absolute Gasteiger partial charge is 0.505 e. The highest BCUT2D eigenvalue weighted by molar-refractivity contribution is 5.94. The Morgan fingerprint density at radius 1 is 1.36 bits per heavy atom. The lowest BCUT2D eigenvalue weighted by Crippen LogP contribution is -2.40. The van der Waals surface area contributed by atoms with E-state index in [2.05, 4.69) is 33.5 Å². The first-order valence-electron chi connectivity index (χ1n) is 8.65. The normalized spacial score (nSPS) is 17.9. The number of hydrogen-bond acceptors (Lipinski definition) is 5. The Labute approximate surface area is 147 Å². The molecule has 1 saturated heterocycles. The molecule has 0 aliphatic carbocycles. The van der Waals surface area contributed by atoms with Crippen LogP contribution in [0.15, 0.2) is 30.7 Å². The van der Waals surface area contributed by atoms with E-state index < -0.39 is 0 Å². The average molecular weight is 343 g/mol. The molecule has 0 bridgehead atoms. The number of likely N-dealkylation sites (N-methyl/N-ethyl adjacent to an activating group) is 1. The maximum Gasteiger partial charge on any atom is 0.276 e. The Bertz CT molecular complexity index is 728. The minimum atomic E-state index is -0.214. The van der Waals surface area contributed by atoms with Crippen molar-refractivity contribution in [3.05, 3.63) is 42.2 Å². The Balaban J connectivity index is 1.73. The first kappa shape index (κ1) is 17.4. The van der Waals surface area contributed by atoms with Crippen LogP contribution < -0.4 is 0 Å².